The lowest BCUT2D eigenvalue weighted by Gasteiger charge is -2.44. The van der Waals surface area contributed by atoms with Crippen molar-refractivity contribution in [1.29, 1.82) is 0 Å². The fraction of sp³-hybridized carbons (Fsp3) is 0.0645. The molecule has 0 fully saturated rings. The van der Waals surface area contributed by atoms with Crippen molar-refractivity contribution >= 4 is 60.8 Å². The first-order chi connectivity index (χ1) is 31.6. The standard InChI is InChI=1S/C62H42N2/c1-61-37-14-13-28-59(61)64-58-27-12-11-24-55(58)62(57-26-15-25-56(61)60(57)64)53-23-10-9-22-50(53)52-39-44(34-36-54(52)62)63(42-31-29-41(30-32-42)40-16-3-2-4-17-40)43-33-35-49-47-20-6-5-18-45(47)46-19-7-8-21-48(46)51(49)38-43/h2-36,38-39H,37H2,1H3/t61-,62?/m0/s1. The Kier molecular flexibility index (Phi) is 7.26. The molecule has 2 heterocycles. The molecule has 64 heavy (non-hydrogen) atoms. The number of hydrogen-bond acceptors (Lipinski definition) is 2. The molecule has 300 valence electrons. The fourth-order valence-electron chi connectivity index (χ4n) is 12.3. The van der Waals surface area contributed by atoms with Gasteiger partial charge < -0.3 is 9.80 Å². The van der Waals surface area contributed by atoms with Crippen molar-refractivity contribution in [2.75, 3.05) is 9.80 Å². The SMILES string of the molecule is C[C@@]12CC=CC=C1N1c3ccccc3C3(c4ccccc4-c4cc(N(c5ccc(-c6ccccc6)cc5)c5ccc6c7ccccc7c7ccccc7c6c5)ccc43)c3cccc2c31. The fourth-order valence-corrected chi connectivity index (χ4v) is 12.3. The average Bonchev–Trinajstić information content (AvgIpc) is 3.81. The van der Waals surface area contributed by atoms with Crippen LogP contribution in [-0.2, 0) is 10.8 Å². The predicted molar refractivity (Wildman–Crippen MR) is 268 cm³/mol. The molecule has 10 aromatic carbocycles. The monoisotopic (exact) mass is 814 g/mol. The zero-order chi connectivity index (χ0) is 42.1. The molecule has 10 aromatic rings. The van der Waals surface area contributed by atoms with Gasteiger partial charge in [0, 0.05) is 28.2 Å². The van der Waals surface area contributed by atoms with E-state index in [9.17, 15) is 0 Å². The van der Waals surface area contributed by atoms with Gasteiger partial charge in [-0.05, 0) is 144 Å². The van der Waals surface area contributed by atoms with E-state index in [4.69, 9.17) is 0 Å². The summed E-state index contributed by atoms with van der Waals surface area (Å²) in [6.45, 7) is 2.44. The third-order valence-corrected chi connectivity index (χ3v) is 15.0. The van der Waals surface area contributed by atoms with Gasteiger partial charge in [-0.1, -0.05) is 176 Å². The Bertz CT molecular complexity index is 3640. The van der Waals surface area contributed by atoms with Crippen molar-refractivity contribution < 1.29 is 0 Å². The molecule has 0 saturated heterocycles. The Labute approximate surface area is 373 Å². The molecule has 1 unspecified atom stereocenters. The smallest absolute Gasteiger partial charge is 0.0754 e. The summed E-state index contributed by atoms with van der Waals surface area (Å²) >= 11 is 0. The summed E-state index contributed by atoms with van der Waals surface area (Å²) in [5.74, 6) is 0. The molecule has 0 saturated carbocycles. The largest absolute Gasteiger partial charge is 0.312 e. The topological polar surface area (TPSA) is 6.48 Å². The highest BCUT2D eigenvalue weighted by Gasteiger charge is 2.56. The van der Waals surface area contributed by atoms with Crippen LogP contribution in [-0.4, -0.2) is 0 Å². The number of rotatable bonds is 4. The Balaban J connectivity index is 1.02. The third kappa shape index (κ3) is 4.59. The minimum Gasteiger partial charge on any atom is -0.312 e. The van der Waals surface area contributed by atoms with Gasteiger partial charge in [0.2, 0.25) is 0 Å². The second kappa shape index (κ2) is 13.0. The van der Waals surface area contributed by atoms with Gasteiger partial charge >= 0.3 is 0 Å². The van der Waals surface area contributed by atoms with Gasteiger partial charge in [-0.15, -0.1) is 0 Å². The summed E-state index contributed by atoms with van der Waals surface area (Å²) in [5.41, 5.74) is 18.5. The highest BCUT2D eigenvalue weighted by molar-refractivity contribution is 6.25. The number of benzene rings is 10. The molecule has 4 aliphatic rings. The molecular weight excluding hydrogens is 773 g/mol. The first-order valence-corrected chi connectivity index (χ1v) is 22.6. The van der Waals surface area contributed by atoms with E-state index >= 15 is 0 Å². The lowest BCUT2D eigenvalue weighted by Crippen LogP contribution is -2.36. The van der Waals surface area contributed by atoms with Crippen LogP contribution in [0.4, 0.5) is 28.4 Å². The summed E-state index contributed by atoms with van der Waals surface area (Å²) in [6.07, 6.45) is 7.93. The van der Waals surface area contributed by atoms with Crippen molar-refractivity contribution in [2.45, 2.75) is 24.2 Å². The Morgan fingerprint density at radius 2 is 0.984 bits per heavy atom. The molecule has 0 bridgehead atoms. The maximum Gasteiger partial charge on any atom is 0.0754 e. The molecule has 14 rings (SSSR count). The molecule has 0 amide bonds. The van der Waals surface area contributed by atoms with Gasteiger partial charge in [0.25, 0.3) is 0 Å². The average molecular weight is 815 g/mol. The van der Waals surface area contributed by atoms with E-state index in [1.165, 1.54) is 99.5 Å². The Morgan fingerprint density at radius 1 is 0.422 bits per heavy atom. The van der Waals surface area contributed by atoms with Gasteiger partial charge in [0.1, 0.15) is 0 Å². The van der Waals surface area contributed by atoms with Gasteiger partial charge in [-0.25, -0.2) is 0 Å². The highest BCUT2D eigenvalue weighted by atomic mass is 15.2. The van der Waals surface area contributed by atoms with Gasteiger partial charge in [-0.3, -0.25) is 0 Å². The van der Waals surface area contributed by atoms with Gasteiger partial charge in [0.15, 0.2) is 0 Å². The van der Waals surface area contributed by atoms with Crippen LogP contribution in [0.2, 0.25) is 0 Å². The van der Waals surface area contributed by atoms with E-state index in [0.29, 0.717) is 0 Å². The van der Waals surface area contributed by atoms with Crippen LogP contribution in [0.15, 0.2) is 230 Å². The predicted octanol–water partition coefficient (Wildman–Crippen LogP) is 16.2. The maximum absolute atomic E-state index is 2.59. The molecule has 2 aliphatic carbocycles. The normalized spacial score (nSPS) is 18.5. The third-order valence-electron chi connectivity index (χ3n) is 15.0. The molecule has 2 heteroatoms. The summed E-state index contributed by atoms with van der Waals surface area (Å²) in [7, 11) is 0. The number of allylic oxidation sites excluding steroid dienone is 4. The van der Waals surface area contributed by atoms with E-state index in [0.717, 1.165) is 23.5 Å². The molecular formula is C62H42N2. The second-order valence-corrected chi connectivity index (χ2v) is 18.2. The molecule has 0 aromatic heterocycles. The molecule has 0 radical (unpaired) electrons. The van der Waals surface area contributed by atoms with Crippen molar-refractivity contribution in [1.82, 2.24) is 0 Å². The first kappa shape index (κ1) is 35.6. The van der Waals surface area contributed by atoms with Crippen LogP contribution in [0.3, 0.4) is 0 Å². The van der Waals surface area contributed by atoms with Crippen LogP contribution < -0.4 is 9.80 Å². The number of hydrogen-bond donors (Lipinski definition) is 0. The zero-order valence-corrected chi connectivity index (χ0v) is 35.5. The molecule has 0 N–H and O–H groups in total. The van der Waals surface area contributed by atoms with Crippen LogP contribution in [0, 0.1) is 0 Å². The Hall–Kier alpha value is -7.94. The summed E-state index contributed by atoms with van der Waals surface area (Å²) in [4.78, 5) is 5.06. The van der Waals surface area contributed by atoms with Crippen molar-refractivity contribution in [3.8, 4) is 22.3 Å². The number of para-hydroxylation sites is 2. The van der Waals surface area contributed by atoms with E-state index in [2.05, 4.69) is 241 Å². The van der Waals surface area contributed by atoms with Crippen LogP contribution >= 0.6 is 0 Å². The lowest BCUT2D eigenvalue weighted by atomic mass is 9.64. The van der Waals surface area contributed by atoms with Crippen LogP contribution in [0.5, 0.6) is 0 Å². The van der Waals surface area contributed by atoms with Crippen molar-refractivity contribution in [3.63, 3.8) is 0 Å². The first-order valence-electron chi connectivity index (χ1n) is 22.6. The zero-order valence-electron chi connectivity index (χ0n) is 35.5. The van der Waals surface area contributed by atoms with Crippen LogP contribution in [0.25, 0.3) is 54.6 Å². The van der Waals surface area contributed by atoms with Gasteiger partial charge in [0.05, 0.1) is 16.8 Å². The number of anilines is 5. The Morgan fingerprint density at radius 3 is 1.77 bits per heavy atom. The second-order valence-electron chi connectivity index (χ2n) is 18.2. The molecule has 2 nitrogen and oxygen atoms in total. The van der Waals surface area contributed by atoms with E-state index in [1.54, 1.807) is 0 Å². The summed E-state index contributed by atoms with van der Waals surface area (Å²) < 4.78 is 0. The van der Waals surface area contributed by atoms with Crippen molar-refractivity contribution in [2.24, 2.45) is 0 Å². The molecule has 2 atom stereocenters. The van der Waals surface area contributed by atoms with Crippen molar-refractivity contribution in [3.05, 3.63) is 258 Å². The highest BCUT2D eigenvalue weighted by Crippen LogP contribution is 2.68. The minimum absolute atomic E-state index is 0.0996. The van der Waals surface area contributed by atoms with E-state index in [-0.39, 0.29) is 5.41 Å². The maximum atomic E-state index is 2.59. The molecule has 1 spiro atoms. The summed E-state index contributed by atoms with van der Waals surface area (Å²) in [6, 6.07) is 77.4. The van der Waals surface area contributed by atoms with E-state index < -0.39 is 5.41 Å². The quantitative estimate of drug-likeness (QED) is 0.163. The summed E-state index contributed by atoms with van der Waals surface area (Å²) in [5, 5.41) is 7.63. The minimum atomic E-state index is -0.494. The number of fused-ring (bicyclic) bond motifs is 18. The van der Waals surface area contributed by atoms with Crippen LogP contribution in [0.1, 0.15) is 41.2 Å². The lowest BCUT2D eigenvalue weighted by molar-refractivity contribution is 0.577. The van der Waals surface area contributed by atoms with E-state index in [1.807, 2.05) is 0 Å². The van der Waals surface area contributed by atoms with Gasteiger partial charge in [-0.2, -0.15) is 0 Å². The number of nitrogens with zero attached hydrogens (tertiary/aromatic N) is 2. The molecule has 2 aliphatic heterocycles.